The highest BCUT2D eigenvalue weighted by atomic mass is 32.2. The van der Waals surface area contributed by atoms with E-state index in [2.05, 4.69) is 10.3 Å². The number of amides is 2. The van der Waals surface area contributed by atoms with E-state index in [9.17, 15) is 9.59 Å². The Balaban J connectivity index is 1.32. The van der Waals surface area contributed by atoms with E-state index in [-0.39, 0.29) is 24.3 Å². The molecule has 0 saturated heterocycles. The molecule has 2 amide bonds. The van der Waals surface area contributed by atoms with E-state index in [0.29, 0.717) is 23.0 Å². The number of thioether (sulfide) groups is 1. The molecule has 37 heavy (non-hydrogen) atoms. The van der Waals surface area contributed by atoms with Crippen molar-refractivity contribution in [2.75, 3.05) is 19.5 Å². The zero-order valence-corrected chi connectivity index (χ0v) is 21.3. The molecule has 0 saturated carbocycles. The Bertz CT molecular complexity index is 1340. The van der Waals surface area contributed by atoms with E-state index in [1.165, 1.54) is 11.8 Å². The number of methoxy groups -OCH3 is 2. The van der Waals surface area contributed by atoms with Gasteiger partial charge < -0.3 is 14.8 Å². The molecular formula is C28H26N4O4S. The quantitative estimate of drug-likeness (QED) is 0.483. The predicted octanol–water partition coefficient (Wildman–Crippen LogP) is 4.88. The number of nitrogens with zero attached hydrogens (tertiary/aromatic N) is 3. The second-order valence-electron chi connectivity index (χ2n) is 8.57. The molecule has 0 fully saturated rings. The fourth-order valence-corrected chi connectivity index (χ4v) is 5.30. The lowest BCUT2D eigenvalue weighted by atomic mass is 9.98. The molecule has 2 atom stereocenters. The maximum absolute atomic E-state index is 12.8. The number of anilines is 1. The molecule has 3 aromatic rings. The number of hydrogen-bond acceptors (Lipinski definition) is 7. The van der Waals surface area contributed by atoms with Gasteiger partial charge in [0, 0.05) is 18.5 Å². The number of hydrogen-bond donors (Lipinski definition) is 1. The molecule has 9 heteroatoms. The number of ether oxygens (including phenoxy) is 2. The van der Waals surface area contributed by atoms with Crippen LogP contribution in [0, 0.1) is 0 Å². The van der Waals surface area contributed by atoms with Crippen molar-refractivity contribution in [1.82, 2.24) is 5.01 Å². The van der Waals surface area contributed by atoms with Gasteiger partial charge in [0.1, 0.15) is 16.7 Å². The van der Waals surface area contributed by atoms with Crippen molar-refractivity contribution >= 4 is 40.1 Å². The van der Waals surface area contributed by atoms with Gasteiger partial charge in [-0.15, -0.1) is 0 Å². The smallest absolute Gasteiger partial charge is 0.262 e. The van der Waals surface area contributed by atoms with Crippen LogP contribution < -0.4 is 14.8 Å². The van der Waals surface area contributed by atoms with Crippen molar-refractivity contribution in [1.29, 1.82) is 0 Å². The topological polar surface area (TPSA) is 92.6 Å². The summed E-state index contributed by atoms with van der Waals surface area (Å²) in [4.78, 5) is 29.8. The summed E-state index contributed by atoms with van der Waals surface area (Å²) in [6.07, 6.45) is 0.672. The van der Waals surface area contributed by atoms with Crippen molar-refractivity contribution in [2.24, 2.45) is 10.1 Å². The van der Waals surface area contributed by atoms with Crippen molar-refractivity contribution < 1.29 is 19.1 Å². The van der Waals surface area contributed by atoms with Crippen LogP contribution in [0.5, 0.6) is 11.5 Å². The molecule has 0 radical (unpaired) electrons. The monoisotopic (exact) mass is 514 g/mol. The third kappa shape index (κ3) is 5.51. The van der Waals surface area contributed by atoms with Gasteiger partial charge in [0.05, 0.1) is 26.0 Å². The lowest BCUT2D eigenvalue weighted by Gasteiger charge is -2.23. The summed E-state index contributed by atoms with van der Waals surface area (Å²) in [6.45, 7) is 0. The molecule has 2 aliphatic rings. The summed E-state index contributed by atoms with van der Waals surface area (Å²) >= 11 is 1.28. The number of hydrazone groups is 1. The average molecular weight is 515 g/mol. The summed E-state index contributed by atoms with van der Waals surface area (Å²) in [5.74, 6) is 0.879. The van der Waals surface area contributed by atoms with Gasteiger partial charge in [-0.3, -0.25) is 9.59 Å². The molecule has 0 unspecified atom stereocenters. The van der Waals surface area contributed by atoms with Gasteiger partial charge in [-0.05, 0) is 47.5 Å². The summed E-state index contributed by atoms with van der Waals surface area (Å²) in [7, 11) is 3.22. The minimum Gasteiger partial charge on any atom is -0.497 e. The zero-order chi connectivity index (χ0) is 25.8. The summed E-state index contributed by atoms with van der Waals surface area (Å²) in [5.41, 5.74) is 3.61. The first-order chi connectivity index (χ1) is 18.0. The number of carbonyl (C=O) groups excluding carboxylic acids is 2. The van der Waals surface area contributed by atoms with E-state index < -0.39 is 5.25 Å². The zero-order valence-electron chi connectivity index (χ0n) is 20.5. The van der Waals surface area contributed by atoms with Gasteiger partial charge in [0.25, 0.3) is 5.91 Å². The molecular weight excluding hydrogens is 488 g/mol. The first kappa shape index (κ1) is 24.6. The molecule has 2 aliphatic heterocycles. The SMILES string of the molecule is COc1ccc(NC(=O)C[C@H]2SC(N3N=C(c4ccccc4)C[C@@H]3c3ccc(OC)cc3)=NC2=O)cc1. The lowest BCUT2D eigenvalue weighted by Crippen LogP contribution is -2.25. The largest absolute Gasteiger partial charge is 0.497 e. The van der Waals surface area contributed by atoms with Crippen LogP contribution in [-0.2, 0) is 9.59 Å². The third-order valence-corrected chi connectivity index (χ3v) is 7.33. The summed E-state index contributed by atoms with van der Waals surface area (Å²) in [5, 5.41) is 9.41. The predicted molar refractivity (Wildman–Crippen MR) is 145 cm³/mol. The van der Waals surface area contributed by atoms with E-state index in [1.807, 2.05) is 59.6 Å². The van der Waals surface area contributed by atoms with Crippen LogP contribution in [0.1, 0.15) is 30.0 Å². The maximum atomic E-state index is 12.8. The number of aliphatic imine (C=N–C) groups is 1. The number of amidine groups is 1. The fourth-order valence-electron chi connectivity index (χ4n) is 4.24. The van der Waals surface area contributed by atoms with Crippen LogP contribution in [0.2, 0.25) is 0 Å². The number of rotatable bonds is 7. The molecule has 0 aliphatic carbocycles. The molecule has 2 heterocycles. The van der Waals surface area contributed by atoms with E-state index in [4.69, 9.17) is 14.6 Å². The first-order valence-electron chi connectivity index (χ1n) is 11.8. The Morgan fingerprint density at radius 1 is 0.973 bits per heavy atom. The summed E-state index contributed by atoms with van der Waals surface area (Å²) in [6, 6.07) is 24.7. The van der Waals surface area contributed by atoms with Crippen molar-refractivity contribution in [3.63, 3.8) is 0 Å². The minimum atomic E-state index is -0.610. The van der Waals surface area contributed by atoms with E-state index in [0.717, 1.165) is 22.6 Å². The van der Waals surface area contributed by atoms with Gasteiger partial charge in [-0.1, -0.05) is 54.2 Å². The highest BCUT2D eigenvalue weighted by molar-refractivity contribution is 8.15. The molecule has 0 aromatic heterocycles. The van der Waals surface area contributed by atoms with Crippen LogP contribution in [0.15, 0.2) is 89.0 Å². The van der Waals surface area contributed by atoms with Crippen LogP contribution >= 0.6 is 11.8 Å². The minimum absolute atomic E-state index is 0.0127. The molecule has 0 bridgehead atoms. The van der Waals surface area contributed by atoms with Crippen LogP contribution in [0.3, 0.4) is 0 Å². The Labute approximate surface area is 219 Å². The normalized spacial score (nSPS) is 18.9. The number of benzene rings is 3. The van der Waals surface area contributed by atoms with Crippen LogP contribution in [-0.4, -0.2) is 47.2 Å². The van der Waals surface area contributed by atoms with Crippen LogP contribution in [0.25, 0.3) is 0 Å². The Morgan fingerprint density at radius 2 is 1.62 bits per heavy atom. The van der Waals surface area contributed by atoms with Gasteiger partial charge >= 0.3 is 0 Å². The van der Waals surface area contributed by atoms with Crippen molar-refractivity contribution in [2.45, 2.75) is 24.1 Å². The highest BCUT2D eigenvalue weighted by Crippen LogP contribution is 2.39. The molecule has 8 nitrogen and oxygen atoms in total. The molecule has 5 rings (SSSR count). The Hall–Kier alpha value is -4.11. The van der Waals surface area contributed by atoms with Gasteiger partial charge in [0.15, 0.2) is 5.17 Å². The molecule has 3 aromatic carbocycles. The van der Waals surface area contributed by atoms with E-state index in [1.54, 1.807) is 38.5 Å². The number of carbonyl (C=O) groups is 2. The van der Waals surface area contributed by atoms with Gasteiger partial charge in [-0.25, -0.2) is 5.01 Å². The van der Waals surface area contributed by atoms with Crippen molar-refractivity contribution in [3.05, 3.63) is 90.0 Å². The molecule has 0 spiro atoms. The average Bonchev–Trinajstić information content (AvgIpc) is 3.53. The lowest BCUT2D eigenvalue weighted by molar-refractivity contribution is -0.121. The number of nitrogens with one attached hydrogen (secondary N) is 1. The van der Waals surface area contributed by atoms with E-state index >= 15 is 0 Å². The second kappa shape index (κ2) is 10.9. The molecule has 188 valence electrons. The van der Waals surface area contributed by atoms with Gasteiger partial charge in [-0.2, -0.15) is 10.1 Å². The fraction of sp³-hybridized carbons (Fsp3) is 0.214. The standard InChI is InChI=1S/C28H26N4O4S/c1-35-21-12-8-19(9-13-21)24-16-23(18-6-4-3-5-7-18)31-32(24)28-30-27(34)25(37-28)17-26(33)29-20-10-14-22(36-2)15-11-20/h3-15,24-25H,16-17H2,1-2H3,(H,29,33)/t24-,25-/m1/s1. The second-order valence-corrected chi connectivity index (χ2v) is 9.74. The van der Waals surface area contributed by atoms with Crippen LogP contribution in [0.4, 0.5) is 5.69 Å². The van der Waals surface area contributed by atoms with Gasteiger partial charge in [0.2, 0.25) is 5.91 Å². The maximum Gasteiger partial charge on any atom is 0.262 e. The first-order valence-corrected chi connectivity index (χ1v) is 12.7. The molecule has 1 N–H and O–H groups in total. The Kier molecular flexibility index (Phi) is 7.23. The highest BCUT2D eigenvalue weighted by Gasteiger charge is 2.39. The Morgan fingerprint density at radius 3 is 2.27 bits per heavy atom. The summed E-state index contributed by atoms with van der Waals surface area (Å²) < 4.78 is 10.5. The third-order valence-electron chi connectivity index (χ3n) is 6.19. The van der Waals surface area contributed by atoms with Crippen molar-refractivity contribution in [3.8, 4) is 11.5 Å².